The number of aryl methyl sites for hydroxylation is 1. The van der Waals surface area contributed by atoms with E-state index in [0.29, 0.717) is 16.7 Å². The molecule has 6 heteroatoms. The highest BCUT2D eigenvalue weighted by Gasteiger charge is 2.09. The van der Waals surface area contributed by atoms with Crippen LogP contribution < -0.4 is 10.6 Å². The summed E-state index contributed by atoms with van der Waals surface area (Å²) in [6.07, 6.45) is 1.77. The maximum atomic E-state index is 11.8. The zero-order valence-electron chi connectivity index (χ0n) is 11.6. The van der Waals surface area contributed by atoms with Gasteiger partial charge in [-0.15, -0.1) is 11.3 Å². The molecule has 0 aliphatic rings. The lowest BCUT2D eigenvalue weighted by atomic mass is 10.2. The molecule has 2 amide bonds. The Balaban J connectivity index is 1.99. The van der Waals surface area contributed by atoms with Crippen molar-refractivity contribution in [2.75, 3.05) is 10.6 Å². The number of rotatable bonds is 3. The van der Waals surface area contributed by atoms with E-state index in [9.17, 15) is 9.90 Å². The summed E-state index contributed by atoms with van der Waals surface area (Å²) in [6.45, 7) is 5.95. The van der Waals surface area contributed by atoms with Crippen LogP contribution in [0.3, 0.4) is 0 Å². The van der Waals surface area contributed by atoms with E-state index >= 15 is 0 Å². The summed E-state index contributed by atoms with van der Waals surface area (Å²) in [6, 6.07) is 4.61. The molecular weight excluding hydrogens is 274 g/mol. The number of phenols is 1. The first-order chi connectivity index (χ1) is 9.45. The number of benzene rings is 1. The third-order valence-corrected chi connectivity index (χ3v) is 3.99. The molecule has 0 atom stereocenters. The second-order valence-electron chi connectivity index (χ2n) is 4.80. The van der Waals surface area contributed by atoms with Gasteiger partial charge < -0.3 is 10.4 Å². The molecule has 20 heavy (non-hydrogen) atoms. The Hall–Kier alpha value is -2.08. The third-order valence-electron chi connectivity index (χ3n) is 2.78. The van der Waals surface area contributed by atoms with Crippen LogP contribution in [0.25, 0.3) is 0 Å². The van der Waals surface area contributed by atoms with Crippen LogP contribution >= 0.6 is 11.3 Å². The van der Waals surface area contributed by atoms with Gasteiger partial charge in [0.25, 0.3) is 0 Å². The molecule has 1 aromatic heterocycles. The highest BCUT2D eigenvalue weighted by Crippen LogP contribution is 2.25. The molecule has 106 valence electrons. The standard InChI is InChI=1S/C14H17N3O2S/c1-8(2)12-7-15-14(20-12)17-13(19)16-10-5-4-9(3)11(18)6-10/h4-8,18H,1-3H3,(H2,15,16,17,19). The van der Waals surface area contributed by atoms with E-state index in [1.54, 1.807) is 25.3 Å². The normalized spacial score (nSPS) is 10.6. The second kappa shape index (κ2) is 5.92. The van der Waals surface area contributed by atoms with Gasteiger partial charge in [0, 0.05) is 22.8 Å². The number of hydrogen-bond acceptors (Lipinski definition) is 4. The van der Waals surface area contributed by atoms with Crippen LogP contribution in [-0.4, -0.2) is 16.1 Å². The molecule has 0 radical (unpaired) electrons. The number of aromatic hydroxyl groups is 1. The number of phenolic OH excluding ortho intramolecular Hbond substituents is 1. The van der Waals surface area contributed by atoms with Gasteiger partial charge in [0.1, 0.15) is 5.75 Å². The number of urea groups is 1. The third kappa shape index (κ3) is 3.48. The quantitative estimate of drug-likeness (QED) is 0.802. The van der Waals surface area contributed by atoms with Crippen molar-refractivity contribution < 1.29 is 9.90 Å². The van der Waals surface area contributed by atoms with Crippen molar-refractivity contribution in [3.05, 3.63) is 34.8 Å². The van der Waals surface area contributed by atoms with Crippen LogP contribution in [-0.2, 0) is 0 Å². The van der Waals surface area contributed by atoms with Gasteiger partial charge in [-0.05, 0) is 24.5 Å². The van der Waals surface area contributed by atoms with Crippen molar-refractivity contribution in [3.8, 4) is 5.75 Å². The predicted octanol–water partition coefficient (Wildman–Crippen LogP) is 3.92. The van der Waals surface area contributed by atoms with E-state index in [0.717, 1.165) is 10.4 Å². The molecule has 1 aromatic carbocycles. The van der Waals surface area contributed by atoms with Crippen LogP contribution in [0.4, 0.5) is 15.6 Å². The molecule has 0 fully saturated rings. The van der Waals surface area contributed by atoms with Gasteiger partial charge in [-0.3, -0.25) is 5.32 Å². The number of hydrogen-bond donors (Lipinski definition) is 3. The molecular formula is C14H17N3O2S. The molecule has 5 nitrogen and oxygen atoms in total. The van der Waals surface area contributed by atoms with Crippen LogP contribution in [0, 0.1) is 6.92 Å². The van der Waals surface area contributed by atoms with Gasteiger partial charge in [-0.2, -0.15) is 0 Å². The van der Waals surface area contributed by atoms with Crippen molar-refractivity contribution in [1.29, 1.82) is 0 Å². The Morgan fingerprint density at radius 2 is 2.10 bits per heavy atom. The van der Waals surface area contributed by atoms with Crippen molar-refractivity contribution >= 4 is 28.2 Å². The van der Waals surface area contributed by atoms with Gasteiger partial charge in [-0.25, -0.2) is 9.78 Å². The summed E-state index contributed by atoms with van der Waals surface area (Å²) >= 11 is 1.45. The van der Waals surface area contributed by atoms with E-state index in [-0.39, 0.29) is 11.8 Å². The summed E-state index contributed by atoms with van der Waals surface area (Å²) in [5.41, 5.74) is 1.30. The molecule has 2 aromatic rings. The highest BCUT2D eigenvalue weighted by molar-refractivity contribution is 7.15. The van der Waals surface area contributed by atoms with Gasteiger partial charge in [0.05, 0.1) is 0 Å². The smallest absolute Gasteiger partial charge is 0.325 e. The molecule has 0 bridgehead atoms. The Labute approximate surface area is 121 Å². The van der Waals surface area contributed by atoms with Crippen LogP contribution in [0.1, 0.15) is 30.2 Å². The minimum Gasteiger partial charge on any atom is -0.508 e. The number of nitrogens with zero attached hydrogens (tertiary/aromatic N) is 1. The van der Waals surface area contributed by atoms with Crippen molar-refractivity contribution in [1.82, 2.24) is 4.98 Å². The van der Waals surface area contributed by atoms with Crippen molar-refractivity contribution in [3.63, 3.8) is 0 Å². The summed E-state index contributed by atoms with van der Waals surface area (Å²) in [5.74, 6) is 0.541. The van der Waals surface area contributed by atoms with E-state index in [1.807, 2.05) is 0 Å². The van der Waals surface area contributed by atoms with Gasteiger partial charge in [0.2, 0.25) is 0 Å². The monoisotopic (exact) mass is 291 g/mol. The molecule has 0 spiro atoms. The predicted molar refractivity (Wildman–Crippen MR) is 81.7 cm³/mol. The van der Waals surface area contributed by atoms with E-state index < -0.39 is 0 Å². The fraction of sp³-hybridized carbons (Fsp3) is 0.286. The Bertz CT molecular complexity index is 623. The van der Waals surface area contributed by atoms with E-state index in [1.165, 1.54) is 17.4 Å². The number of anilines is 2. The minimum absolute atomic E-state index is 0.152. The lowest BCUT2D eigenvalue weighted by molar-refractivity contribution is 0.262. The molecule has 0 saturated heterocycles. The minimum atomic E-state index is -0.377. The number of amides is 2. The fourth-order valence-corrected chi connectivity index (χ4v) is 2.37. The molecule has 0 aliphatic carbocycles. The lowest BCUT2D eigenvalue weighted by Crippen LogP contribution is -2.19. The van der Waals surface area contributed by atoms with Crippen molar-refractivity contribution in [2.45, 2.75) is 26.7 Å². The van der Waals surface area contributed by atoms with Crippen LogP contribution in [0.2, 0.25) is 0 Å². The maximum Gasteiger partial charge on any atom is 0.325 e. The topological polar surface area (TPSA) is 74.2 Å². The average molecular weight is 291 g/mol. The number of nitrogens with one attached hydrogen (secondary N) is 2. The molecule has 0 saturated carbocycles. The lowest BCUT2D eigenvalue weighted by Gasteiger charge is -2.07. The number of carbonyl (C=O) groups is 1. The first kappa shape index (κ1) is 14.3. The molecule has 0 aliphatic heterocycles. The Kier molecular flexibility index (Phi) is 4.24. The highest BCUT2D eigenvalue weighted by atomic mass is 32.1. The largest absolute Gasteiger partial charge is 0.508 e. The average Bonchev–Trinajstić information content (AvgIpc) is 2.82. The number of aromatic nitrogens is 1. The van der Waals surface area contributed by atoms with Gasteiger partial charge >= 0.3 is 6.03 Å². The Morgan fingerprint density at radius 3 is 2.70 bits per heavy atom. The summed E-state index contributed by atoms with van der Waals surface area (Å²) < 4.78 is 0. The molecule has 1 heterocycles. The summed E-state index contributed by atoms with van der Waals surface area (Å²) in [4.78, 5) is 17.1. The number of thiazole rings is 1. The molecule has 0 unspecified atom stereocenters. The van der Waals surface area contributed by atoms with E-state index in [2.05, 4.69) is 29.5 Å². The van der Waals surface area contributed by atoms with Gasteiger partial charge in [0.15, 0.2) is 5.13 Å². The SMILES string of the molecule is Cc1ccc(NC(=O)Nc2ncc(C(C)C)s2)cc1O. The zero-order chi connectivity index (χ0) is 14.7. The summed E-state index contributed by atoms with van der Waals surface area (Å²) in [7, 11) is 0. The van der Waals surface area contributed by atoms with Crippen LogP contribution in [0.5, 0.6) is 5.75 Å². The fourth-order valence-electron chi connectivity index (χ4n) is 1.56. The van der Waals surface area contributed by atoms with Crippen LogP contribution in [0.15, 0.2) is 24.4 Å². The zero-order valence-corrected chi connectivity index (χ0v) is 12.4. The molecule has 3 N–H and O–H groups in total. The number of carbonyl (C=O) groups excluding carboxylic acids is 1. The van der Waals surface area contributed by atoms with Crippen molar-refractivity contribution in [2.24, 2.45) is 0 Å². The first-order valence-corrected chi connectivity index (χ1v) is 7.10. The van der Waals surface area contributed by atoms with E-state index in [4.69, 9.17) is 0 Å². The first-order valence-electron chi connectivity index (χ1n) is 6.29. The summed E-state index contributed by atoms with van der Waals surface area (Å²) in [5, 5.41) is 15.5. The van der Waals surface area contributed by atoms with Gasteiger partial charge in [-0.1, -0.05) is 19.9 Å². The molecule has 2 rings (SSSR count). The Morgan fingerprint density at radius 1 is 1.35 bits per heavy atom. The maximum absolute atomic E-state index is 11.8. The second-order valence-corrected chi connectivity index (χ2v) is 5.87.